The molecule has 2 atom stereocenters. The van der Waals surface area contributed by atoms with Crippen LogP contribution in [-0.2, 0) is 9.59 Å². The molecule has 106 valence electrons. The molecule has 0 radical (unpaired) electrons. The van der Waals surface area contributed by atoms with E-state index in [1.165, 1.54) is 0 Å². The first-order valence-corrected chi connectivity index (χ1v) is 7.35. The number of carbonyl (C=O) groups excluding carboxylic acids is 2. The van der Waals surface area contributed by atoms with Crippen molar-refractivity contribution < 1.29 is 19.5 Å². The van der Waals surface area contributed by atoms with Gasteiger partial charge in [0.05, 0.1) is 0 Å². The number of amides is 3. The second kappa shape index (κ2) is 6.14. The molecule has 2 rings (SSSR count). The van der Waals surface area contributed by atoms with Crippen LogP contribution in [0.3, 0.4) is 0 Å². The number of hydrogen-bond acceptors (Lipinski definition) is 4. The molecule has 0 aromatic heterocycles. The average Bonchev–Trinajstić information content (AvgIpc) is 2.88. The van der Waals surface area contributed by atoms with Gasteiger partial charge in [-0.05, 0) is 23.8 Å². The van der Waals surface area contributed by atoms with Gasteiger partial charge in [0.2, 0.25) is 5.91 Å². The fourth-order valence-corrected chi connectivity index (χ4v) is 3.44. The molecule has 2 unspecified atom stereocenters. The lowest BCUT2D eigenvalue weighted by Crippen LogP contribution is -2.61. The Balaban J connectivity index is 1.90. The van der Waals surface area contributed by atoms with Crippen molar-refractivity contribution in [1.29, 1.82) is 0 Å². The third kappa shape index (κ3) is 3.52. The Kier molecular flexibility index (Phi) is 4.52. The van der Waals surface area contributed by atoms with Gasteiger partial charge < -0.3 is 15.7 Å². The van der Waals surface area contributed by atoms with Crippen LogP contribution in [0, 0.1) is 5.92 Å². The predicted octanol–water partition coefficient (Wildman–Crippen LogP) is -0.666. The number of thioether (sulfide) groups is 1. The van der Waals surface area contributed by atoms with E-state index in [1.54, 1.807) is 0 Å². The van der Waals surface area contributed by atoms with Crippen molar-refractivity contribution in [3.8, 4) is 0 Å². The van der Waals surface area contributed by atoms with Crippen LogP contribution in [0.5, 0.6) is 0 Å². The molecule has 3 N–H and O–H groups in total. The van der Waals surface area contributed by atoms with Crippen LogP contribution in [0.25, 0.3) is 0 Å². The Hall–Kier alpha value is -1.44. The number of piperazine rings is 1. The van der Waals surface area contributed by atoms with E-state index in [0.717, 1.165) is 22.8 Å². The van der Waals surface area contributed by atoms with Gasteiger partial charge in [-0.3, -0.25) is 9.69 Å². The van der Waals surface area contributed by atoms with Crippen molar-refractivity contribution in [2.75, 3.05) is 31.1 Å². The summed E-state index contributed by atoms with van der Waals surface area (Å²) in [4.78, 5) is 35.4. The SMILES string of the molecule is O=C1CN(C(=O)NCC2CCSC2)C(C(=O)O)CN1. The lowest BCUT2D eigenvalue weighted by atomic mass is 10.1. The number of nitrogens with one attached hydrogen (secondary N) is 2. The summed E-state index contributed by atoms with van der Waals surface area (Å²) >= 11 is 1.85. The molecule has 0 bridgehead atoms. The molecule has 0 aromatic rings. The van der Waals surface area contributed by atoms with Gasteiger partial charge >= 0.3 is 12.0 Å². The van der Waals surface area contributed by atoms with E-state index in [2.05, 4.69) is 10.6 Å². The lowest BCUT2D eigenvalue weighted by molar-refractivity contribution is -0.144. The van der Waals surface area contributed by atoms with Crippen molar-refractivity contribution in [2.45, 2.75) is 12.5 Å². The van der Waals surface area contributed by atoms with Crippen LogP contribution < -0.4 is 10.6 Å². The van der Waals surface area contributed by atoms with Crippen LogP contribution >= 0.6 is 11.8 Å². The van der Waals surface area contributed by atoms with Gasteiger partial charge in [-0.15, -0.1) is 0 Å². The van der Waals surface area contributed by atoms with Gasteiger partial charge in [0, 0.05) is 13.1 Å². The van der Waals surface area contributed by atoms with Crippen molar-refractivity contribution in [3.05, 3.63) is 0 Å². The quantitative estimate of drug-likeness (QED) is 0.639. The number of rotatable bonds is 3. The highest BCUT2D eigenvalue weighted by molar-refractivity contribution is 7.99. The molecule has 0 saturated carbocycles. The number of carboxylic acid groups (broad SMARTS) is 1. The largest absolute Gasteiger partial charge is 0.480 e. The molecule has 19 heavy (non-hydrogen) atoms. The van der Waals surface area contributed by atoms with Gasteiger partial charge in [-0.25, -0.2) is 9.59 Å². The first kappa shape index (κ1) is 14.0. The summed E-state index contributed by atoms with van der Waals surface area (Å²) in [6.45, 7) is 0.291. The molecule has 2 saturated heterocycles. The molecular weight excluding hydrogens is 270 g/mol. The van der Waals surface area contributed by atoms with Crippen LogP contribution in [0.1, 0.15) is 6.42 Å². The van der Waals surface area contributed by atoms with Crippen molar-refractivity contribution in [1.82, 2.24) is 15.5 Å². The maximum atomic E-state index is 12.0. The van der Waals surface area contributed by atoms with E-state index < -0.39 is 18.0 Å². The van der Waals surface area contributed by atoms with Crippen LogP contribution in [0.15, 0.2) is 0 Å². The summed E-state index contributed by atoms with van der Waals surface area (Å²) in [6, 6.07) is -1.46. The highest BCUT2D eigenvalue weighted by Gasteiger charge is 2.35. The third-order valence-corrected chi connectivity index (χ3v) is 4.53. The Morgan fingerprint density at radius 2 is 2.32 bits per heavy atom. The highest BCUT2D eigenvalue weighted by Crippen LogP contribution is 2.22. The summed E-state index contributed by atoms with van der Waals surface area (Å²) in [5, 5.41) is 14.2. The molecule has 2 aliphatic rings. The monoisotopic (exact) mass is 287 g/mol. The zero-order valence-electron chi connectivity index (χ0n) is 10.4. The van der Waals surface area contributed by atoms with Crippen LogP contribution in [0.2, 0.25) is 0 Å². The van der Waals surface area contributed by atoms with Gasteiger partial charge in [-0.2, -0.15) is 11.8 Å². The zero-order valence-corrected chi connectivity index (χ0v) is 11.2. The van der Waals surface area contributed by atoms with E-state index in [4.69, 9.17) is 5.11 Å². The van der Waals surface area contributed by atoms with Crippen molar-refractivity contribution in [2.24, 2.45) is 5.92 Å². The minimum atomic E-state index is -1.11. The zero-order chi connectivity index (χ0) is 13.8. The maximum absolute atomic E-state index is 12.0. The molecule has 8 heteroatoms. The summed E-state index contributed by atoms with van der Waals surface area (Å²) < 4.78 is 0. The molecule has 0 aromatic carbocycles. The number of carboxylic acids is 1. The first-order chi connectivity index (χ1) is 9.08. The van der Waals surface area contributed by atoms with Gasteiger partial charge in [0.25, 0.3) is 0 Å². The number of nitrogens with zero attached hydrogens (tertiary/aromatic N) is 1. The lowest BCUT2D eigenvalue weighted by Gasteiger charge is -2.32. The normalized spacial score (nSPS) is 26.9. The standard InChI is InChI=1S/C11H17N3O4S/c15-9-5-14(8(4-12-9)10(16)17)11(18)13-3-7-1-2-19-6-7/h7-8H,1-6H2,(H,12,15)(H,13,18)(H,16,17). The Morgan fingerprint density at radius 1 is 1.53 bits per heavy atom. The van der Waals surface area contributed by atoms with Gasteiger partial charge in [0.15, 0.2) is 0 Å². The number of hydrogen-bond donors (Lipinski definition) is 3. The first-order valence-electron chi connectivity index (χ1n) is 6.19. The van der Waals surface area contributed by atoms with E-state index >= 15 is 0 Å². The van der Waals surface area contributed by atoms with E-state index in [9.17, 15) is 14.4 Å². The summed E-state index contributed by atoms with van der Waals surface area (Å²) in [6.07, 6.45) is 1.06. The van der Waals surface area contributed by atoms with Gasteiger partial charge in [0.1, 0.15) is 12.6 Å². The van der Waals surface area contributed by atoms with Crippen molar-refractivity contribution in [3.63, 3.8) is 0 Å². The Bertz CT molecular complexity index is 384. The summed E-state index contributed by atoms with van der Waals surface area (Å²) in [5.41, 5.74) is 0. The minimum absolute atomic E-state index is 0.0408. The highest BCUT2D eigenvalue weighted by atomic mass is 32.2. The van der Waals surface area contributed by atoms with Gasteiger partial charge in [-0.1, -0.05) is 0 Å². The fraction of sp³-hybridized carbons (Fsp3) is 0.727. The third-order valence-electron chi connectivity index (χ3n) is 3.29. The molecule has 0 spiro atoms. The number of aliphatic carboxylic acids is 1. The van der Waals surface area contributed by atoms with Crippen molar-refractivity contribution >= 4 is 29.7 Å². The Morgan fingerprint density at radius 3 is 2.95 bits per heavy atom. The fourth-order valence-electron chi connectivity index (χ4n) is 2.15. The maximum Gasteiger partial charge on any atom is 0.328 e. The second-order valence-corrected chi connectivity index (χ2v) is 5.85. The summed E-state index contributed by atoms with van der Waals surface area (Å²) in [7, 11) is 0. The molecule has 2 heterocycles. The topological polar surface area (TPSA) is 98.7 Å². The predicted molar refractivity (Wildman–Crippen MR) is 70.0 cm³/mol. The van der Waals surface area contributed by atoms with E-state index in [-0.39, 0.29) is 19.0 Å². The molecule has 2 aliphatic heterocycles. The van der Waals surface area contributed by atoms with Crippen LogP contribution in [-0.4, -0.2) is 65.1 Å². The number of urea groups is 1. The number of carbonyl (C=O) groups is 3. The van der Waals surface area contributed by atoms with E-state index in [0.29, 0.717) is 12.5 Å². The molecule has 3 amide bonds. The molecule has 7 nitrogen and oxygen atoms in total. The molecule has 0 aliphatic carbocycles. The van der Waals surface area contributed by atoms with Crippen LogP contribution in [0.4, 0.5) is 4.79 Å². The average molecular weight is 287 g/mol. The molecular formula is C11H17N3O4S. The summed E-state index contributed by atoms with van der Waals surface area (Å²) in [5.74, 6) is 1.12. The second-order valence-electron chi connectivity index (χ2n) is 4.70. The molecule has 2 fully saturated rings. The minimum Gasteiger partial charge on any atom is -0.480 e. The van der Waals surface area contributed by atoms with E-state index in [1.807, 2.05) is 11.8 Å². The Labute approximate surface area is 115 Å². The smallest absolute Gasteiger partial charge is 0.328 e.